The molecule has 0 bridgehead atoms. The van der Waals surface area contributed by atoms with Gasteiger partial charge in [0.05, 0.1) is 0 Å². The molecule has 22 heavy (non-hydrogen) atoms. The summed E-state index contributed by atoms with van der Waals surface area (Å²) in [5, 5.41) is 2.31. The number of ether oxygens (including phenoxy) is 1. The van der Waals surface area contributed by atoms with Gasteiger partial charge >= 0.3 is 0 Å². The maximum atomic E-state index is 12.5. The number of nitrogens with zero attached hydrogens (tertiary/aromatic N) is 1. The molecule has 2 aromatic rings. The van der Waals surface area contributed by atoms with Gasteiger partial charge in [0.25, 0.3) is 5.91 Å². The highest BCUT2D eigenvalue weighted by molar-refractivity contribution is 5.84. The van der Waals surface area contributed by atoms with Crippen molar-refractivity contribution in [2.75, 3.05) is 6.61 Å². The molecular weight excluding hydrogens is 274 g/mol. The number of carbonyl (C=O) groups excluding carboxylic acids is 1. The van der Waals surface area contributed by atoms with Crippen molar-refractivity contribution in [3.8, 4) is 5.75 Å². The van der Waals surface area contributed by atoms with Crippen molar-refractivity contribution in [1.82, 2.24) is 4.90 Å². The van der Waals surface area contributed by atoms with Gasteiger partial charge in [-0.05, 0) is 56.0 Å². The van der Waals surface area contributed by atoms with Crippen molar-refractivity contribution in [3.63, 3.8) is 0 Å². The van der Waals surface area contributed by atoms with E-state index in [2.05, 4.69) is 26.0 Å². The van der Waals surface area contributed by atoms with E-state index in [9.17, 15) is 4.79 Å². The second kappa shape index (κ2) is 6.39. The zero-order valence-electron chi connectivity index (χ0n) is 13.3. The molecule has 1 amide bonds. The molecule has 1 aliphatic heterocycles. The van der Waals surface area contributed by atoms with E-state index in [1.807, 2.05) is 35.2 Å². The third kappa shape index (κ3) is 3.08. The van der Waals surface area contributed by atoms with Gasteiger partial charge in [0, 0.05) is 12.1 Å². The van der Waals surface area contributed by atoms with Crippen LogP contribution in [0.15, 0.2) is 42.5 Å². The highest BCUT2D eigenvalue weighted by Gasteiger charge is 2.28. The molecule has 2 aromatic carbocycles. The van der Waals surface area contributed by atoms with Crippen molar-refractivity contribution in [2.45, 2.75) is 45.2 Å². The number of benzene rings is 2. The summed E-state index contributed by atoms with van der Waals surface area (Å²) in [6.07, 6.45) is 3.38. The van der Waals surface area contributed by atoms with Gasteiger partial charge in [-0.1, -0.05) is 30.3 Å². The summed E-state index contributed by atoms with van der Waals surface area (Å²) in [4.78, 5) is 14.4. The normalized spacial score (nSPS) is 21.8. The van der Waals surface area contributed by atoms with Crippen LogP contribution >= 0.6 is 0 Å². The lowest BCUT2D eigenvalue weighted by molar-refractivity contribution is -0.139. The van der Waals surface area contributed by atoms with Crippen LogP contribution in [0.2, 0.25) is 0 Å². The Morgan fingerprint density at radius 1 is 1.09 bits per heavy atom. The smallest absolute Gasteiger partial charge is 0.260 e. The van der Waals surface area contributed by atoms with Crippen LogP contribution in [-0.4, -0.2) is 29.5 Å². The van der Waals surface area contributed by atoms with Gasteiger partial charge < -0.3 is 9.64 Å². The summed E-state index contributed by atoms with van der Waals surface area (Å²) in [5.74, 6) is 0.845. The zero-order chi connectivity index (χ0) is 15.5. The molecule has 3 heteroatoms. The van der Waals surface area contributed by atoms with E-state index in [0.29, 0.717) is 12.1 Å². The molecule has 2 atom stereocenters. The summed E-state index contributed by atoms with van der Waals surface area (Å²) in [5.41, 5.74) is 0. The van der Waals surface area contributed by atoms with Gasteiger partial charge in [0.1, 0.15) is 5.75 Å². The molecule has 1 fully saturated rings. The lowest BCUT2D eigenvalue weighted by atomic mass is 9.97. The predicted octanol–water partition coefficient (Wildman–Crippen LogP) is 4.01. The molecule has 0 unspecified atom stereocenters. The highest BCUT2D eigenvalue weighted by atomic mass is 16.5. The standard InChI is InChI=1S/C19H23NO2/c1-14-6-5-7-15(2)20(14)19(21)13-22-18-11-10-16-8-3-4-9-17(16)12-18/h3-4,8-12,14-15H,5-7,13H2,1-2H3/t14-,15+. The van der Waals surface area contributed by atoms with Crippen LogP contribution in [0.1, 0.15) is 33.1 Å². The summed E-state index contributed by atoms with van der Waals surface area (Å²) >= 11 is 0. The minimum Gasteiger partial charge on any atom is -0.484 e. The van der Waals surface area contributed by atoms with E-state index in [1.54, 1.807) is 0 Å². The Hall–Kier alpha value is -2.03. The third-order valence-corrected chi connectivity index (χ3v) is 4.56. The fraction of sp³-hybridized carbons (Fsp3) is 0.421. The Morgan fingerprint density at radius 3 is 2.50 bits per heavy atom. The van der Waals surface area contributed by atoms with Gasteiger partial charge in [-0.25, -0.2) is 0 Å². The van der Waals surface area contributed by atoms with Crippen LogP contribution in [-0.2, 0) is 4.79 Å². The molecule has 1 heterocycles. The number of carbonyl (C=O) groups is 1. The number of piperidine rings is 1. The fourth-order valence-electron chi connectivity index (χ4n) is 3.39. The molecular formula is C19H23NO2. The van der Waals surface area contributed by atoms with Crippen molar-refractivity contribution in [1.29, 1.82) is 0 Å². The van der Waals surface area contributed by atoms with Gasteiger partial charge in [0.2, 0.25) is 0 Å². The van der Waals surface area contributed by atoms with Gasteiger partial charge in [-0.15, -0.1) is 0 Å². The summed E-state index contributed by atoms with van der Waals surface area (Å²) in [7, 11) is 0. The topological polar surface area (TPSA) is 29.5 Å². The first-order chi connectivity index (χ1) is 10.6. The summed E-state index contributed by atoms with van der Waals surface area (Å²) in [6.45, 7) is 4.38. The number of fused-ring (bicyclic) bond motifs is 1. The molecule has 0 radical (unpaired) electrons. The second-order valence-electron chi connectivity index (χ2n) is 6.23. The van der Waals surface area contributed by atoms with Crippen molar-refractivity contribution in [2.24, 2.45) is 0 Å². The van der Waals surface area contributed by atoms with E-state index in [1.165, 1.54) is 11.8 Å². The Morgan fingerprint density at radius 2 is 1.77 bits per heavy atom. The van der Waals surface area contributed by atoms with E-state index < -0.39 is 0 Å². The third-order valence-electron chi connectivity index (χ3n) is 4.56. The Balaban J connectivity index is 1.66. The first-order valence-electron chi connectivity index (χ1n) is 8.08. The predicted molar refractivity (Wildman–Crippen MR) is 89.1 cm³/mol. The maximum absolute atomic E-state index is 12.5. The molecule has 1 saturated heterocycles. The SMILES string of the molecule is C[C@@H]1CCC[C@H](C)N1C(=O)COc1ccc2ccccc2c1. The molecule has 1 aliphatic rings. The van der Waals surface area contributed by atoms with Gasteiger partial charge in [-0.3, -0.25) is 4.79 Å². The molecule has 0 N–H and O–H groups in total. The van der Waals surface area contributed by atoms with Crippen LogP contribution in [0.5, 0.6) is 5.75 Å². The molecule has 0 spiro atoms. The molecule has 0 saturated carbocycles. The molecule has 0 aliphatic carbocycles. The largest absolute Gasteiger partial charge is 0.484 e. The quantitative estimate of drug-likeness (QED) is 0.856. The lowest BCUT2D eigenvalue weighted by Crippen LogP contribution is -2.49. The second-order valence-corrected chi connectivity index (χ2v) is 6.23. The zero-order valence-corrected chi connectivity index (χ0v) is 13.3. The lowest BCUT2D eigenvalue weighted by Gasteiger charge is -2.38. The summed E-state index contributed by atoms with van der Waals surface area (Å²) < 4.78 is 5.73. The Bertz CT molecular complexity index is 657. The van der Waals surface area contributed by atoms with Gasteiger partial charge in [-0.2, -0.15) is 0 Å². The molecule has 3 nitrogen and oxygen atoms in total. The highest BCUT2D eigenvalue weighted by Crippen LogP contribution is 2.24. The van der Waals surface area contributed by atoms with Crippen LogP contribution < -0.4 is 4.74 Å². The fourth-order valence-corrected chi connectivity index (χ4v) is 3.39. The first kappa shape index (κ1) is 14.9. The molecule has 116 valence electrons. The molecule has 0 aromatic heterocycles. The number of hydrogen-bond acceptors (Lipinski definition) is 2. The van der Waals surface area contributed by atoms with E-state index in [0.717, 1.165) is 24.0 Å². The first-order valence-corrected chi connectivity index (χ1v) is 8.08. The van der Waals surface area contributed by atoms with Crippen molar-refractivity contribution >= 4 is 16.7 Å². The van der Waals surface area contributed by atoms with Crippen LogP contribution in [0.25, 0.3) is 10.8 Å². The Labute approximate surface area is 131 Å². The molecule has 3 rings (SSSR count). The van der Waals surface area contributed by atoms with Crippen LogP contribution in [0.4, 0.5) is 0 Å². The van der Waals surface area contributed by atoms with Crippen molar-refractivity contribution in [3.05, 3.63) is 42.5 Å². The van der Waals surface area contributed by atoms with E-state index >= 15 is 0 Å². The number of amides is 1. The van der Waals surface area contributed by atoms with Crippen molar-refractivity contribution < 1.29 is 9.53 Å². The maximum Gasteiger partial charge on any atom is 0.260 e. The van der Waals surface area contributed by atoms with Gasteiger partial charge in [0.15, 0.2) is 6.61 Å². The minimum atomic E-state index is 0.0906. The van der Waals surface area contributed by atoms with E-state index in [-0.39, 0.29) is 12.5 Å². The van der Waals surface area contributed by atoms with E-state index in [4.69, 9.17) is 4.74 Å². The van der Waals surface area contributed by atoms with Crippen LogP contribution in [0, 0.1) is 0 Å². The average molecular weight is 297 g/mol. The summed E-state index contributed by atoms with van der Waals surface area (Å²) in [6, 6.07) is 14.7. The minimum absolute atomic E-state index is 0.0906. The average Bonchev–Trinajstić information content (AvgIpc) is 2.52. The van der Waals surface area contributed by atoms with Crippen LogP contribution in [0.3, 0.4) is 0 Å². The Kier molecular flexibility index (Phi) is 4.32. The number of likely N-dealkylation sites (tertiary alicyclic amines) is 1. The number of hydrogen-bond donors (Lipinski definition) is 0. The monoisotopic (exact) mass is 297 g/mol. The number of rotatable bonds is 3.